The fourth-order valence-corrected chi connectivity index (χ4v) is 6.41. The maximum Gasteiger partial charge on any atom is 0.292 e. The van der Waals surface area contributed by atoms with E-state index in [9.17, 15) is 23.3 Å². The summed E-state index contributed by atoms with van der Waals surface area (Å²) in [6.45, 7) is 4.23. The summed E-state index contributed by atoms with van der Waals surface area (Å²) in [6, 6.07) is 17.9. The molecule has 13 heteroatoms. The predicted octanol–water partition coefficient (Wildman–Crippen LogP) is 4.70. The normalized spacial score (nSPS) is 11.6. The summed E-state index contributed by atoms with van der Waals surface area (Å²) in [6.07, 6.45) is 0. The molecule has 0 unspecified atom stereocenters. The molecule has 11 nitrogen and oxygen atoms in total. The van der Waals surface area contributed by atoms with Crippen LogP contribution < -0.4 is 10.1 Å². The summed E-state index contributed by atoms with van der Waals surface area (Å²) in [4.78, 5) is 28.3. The molecule has 1 amide bonds. The third-order valence-electron chi connectivity index (χ3n) is 5.97. The number of fused-ring (bicyclic) bond motifs is 1. The number of amides is 1. The van der Waals surface area contributed by atoms with Crippen molar-refractivity contribution in [2.24, 2.45) is 0 Å². The number of sulfonamides is 1. The van der Waals surface area contributed by atoms with Gasteiger partial charge in [0.15, 0.2) is 5.16 Å². The number of carbonyl (C=O) groups is 1. The Bertz CT molecular complexity index is 1630. The monoisotopic (exact) mass is 569 g/mol. The summed E-state index contributed by atoms with van der Waals surface area (Å²) in [5.74, 6) is -0.00430. The third-order valence-corrected chi connectivity index (χ3v) is 8.96. The van der Waals surface area contributed by atoms with E-state index < -0.39 is 20.9 Å². The van der Waals surface area contributed by atoms with Crippen LogP contribution in [-0.4, -0.2) is 59.1 Å². The van der Waals surface area contributed by atoms with Gasteiger partial charge in [-0.2, -0.15) is 4.31 Å². The first kappa shape index (κ1) is 28.1. The fourth-order valence-electron chi connectivity index (χ4n) is 4.11. The molecule has 3 aromatic carbocycles. The van der Waals surface area contributed by atoms with Gasteiger partial charge in [-0.05, 0) is 36.4 Å². The molecular formula is C26H27N5O6S2. The summed E-state index contributed by atoms with van der Waals surface area (Å²) < 4.78 is 35.0. The molecule has 0 saturated heterocycles. The Morgan fingerprint density at radius 1 is 1.10 bits per heavy atom. The average molecular weight is 570 g/mol. The number of carbonyl (C=O) groups excluding carboxylic acids is 1. The van der Waals surface area contributed by atoms with E-state index in [-0.39, 0.29) is 22.0 Å². The minimum absolute atomic E-state index is 0.0950. The number of anilines is 1. The standard InChI is InChI=1S/C26H27N5O6S2/c1-4-29(5-2)39(35,36)18-14-15-21-20(16-18)28-26(30(21)23-12-8-9-13-24(23)37-3)38-17-25(32)27-19-10-6-7-11-22(19)31(33)34/h6-16H,4-5,17H2,1-3H3,(H,27,32). The number of ether oxygens (including phenoxy) is 1. The number of aromatic nitrogens is 2. The third kappa shape index (κ3) is 5.75. The van der Waals surface area contributed by atoms with Crippen LogP contribution in [0.25, 0.3) is 16.7 Å². The highest BCUT2D eigenvalue weighted by Crippen LogP contribution is 2.34. The van der Waals surface area contributed by atoms with Gasteiger partial charge in [0.25, 0.3) is 5.69 Å². The Hall–Kier alpha value is -3.94. The molecule has 0 atom stereocenters. The molecule has 0 aliphatic rings. The van der Waals surface area contributed by atoms with Crippen molar-refractivity contribution >= 4 is 50.1 Å². The molecule has 204 valence electrons. The number of benzene rings is 3. The van der Waals surface area contributed by atoms with E-state index in [0.717, 1.165) is 11.8 Å². The van der Waals surface area contributed by atoms with Crippen molar-refractivity contribution in [3.63, 3.8) is 0 Å². The highest BCUT2D eigenvalue weighted by atomic mass is 32.2. The molecule has 0 bridgehead atoms. The largest absolute Gasteiger partial charge is 0.495 e. The summed E-state index contributed by atoms with van der Waals surface area (Å²) in [5.41, 5.74) is 1.59. The van der Waals surface area contributed by atoms with Gasteiger partial charge in [0.1, 0.15) is 11.4 Å². The van der Waals surface area contributed by atoms with Crippen LogP contribution in [0.1, 0.15) is 13.8 Å². The average Bonchev–Trinajstić information content (AvgIpc) is 3.30. The zero-order chi connectivity index (χ0) is 28.2. The van der Waals surface area contributed by atoms with Crippen molar-refractivity contribution in [2.75, 3.05) is 31.3 Å². The van der Waals surface area contributed by atoms with Gasteiger partial charge in [-0.25, -0.2) is 13.4 Å². The molecule has 1 aromatic heterocycles. The van der Waals surface area contributed by atoms with E-state index >= 15 is 0 Å². The Balaban J connectivity index is 1.73. The Morgan fingerprint density at radius 3 is 2.49 bits per heavy atom. The van der Waals surface area contributed by atoms with Gasteiger partial charge >= 0.3 is 0 Å². The first-order valence-corrected chi connectivity index (χ1v) is 14.5. The molecule has 0 aliphatic carbocycles. The molecule has 0 aliphatic heterocycles. The second-order valence-electron chi connectivity index (χ2n) is 8.25. The van der Waals surface area contributed by atoms with E-state index in [1.807, 2.05) is 18.2 Å². The molecule has 39 heavy (non-hydrogen) atoms. The van der Waals surface area contributed by atoms with Crippen LogP contribution in [0, 0.1) is 10.1 Å². The number of hydrogen-bond acceptors (Lipinski definition) is 8. The highest BCUT2D eigenvalue weighted by molar-refractivity contribution is 7.99. The van der Waals surface area contributed by atoms with Crippen LogP contribution in [0.15, 0.2) is 76.8 Å². The Labute approximate surface area is 230 Å². The zero-order valence-corrected chi connectivity index (χ0v) is 23.2. The number of thioether (sulfide) groups is 1. The lowest BCUT2D eigenvalue weighted by atomic mass is 10.2. The minimum atomic E-state index is -3.71. The molecule has 1 N–H and O–H groups in total. The van der Waals surface area contributed by atoms with Crippen LogP contribution in [0.2, 0.25) is 0 Å². The molecule has 4 rings (SSSR count). The van der Waals surface area contributed by atoms with E-state index in [0.29, 0.717) is 40.7 Å². The maximum absolute atomic E-state index is 13.1. The van der Waals surface area contributed by atoms with E-state index in [2.05, 4.69) is 10.3 Å². The second-order valence-corrected chi connectivity index (χ2v) is 11.1. The maximum atomic E-state index is 13.1. The molecule has 0 saturated carbocycles. The van der Waals surface area contributed by atoms with E-state index in [1.54, 1.807) is 49.8 Å². The lowest BCUT2D eigenvalue weighted by Gasteiger charge is -2.18. The minimum Gasteiger partial charge on any atom is -0.495 e. The lowest BCUT2D eigenvalue weighted by molar-refractivity contribution is -0.383. The van der Waals surface area contributed by atoms with Gasteiger partial charge in [0.05, 0.1) is 39.4 Å². The van der Waals surface area contributed by atoms with Gasteiger partial charge in [-0.3, -0.25) is 19.5 Å². The highest BCUT2D eigenvalue weighted by Gasteiger charge is 2.24. The molecule has 0 spiro atoms. The Kier molecular flexibility index (Phi) is 8.53. The van der Waals surface area contributed by atoms with E-state index in [1.165, 1.54) is 28.6 Å². The number of rotatable bonds is 11. The van der Waals surface area contributed by atoms with Gasteiger partial charge < -0.3 is 10.1 Å². The number of nitrogens with zero attached hydrogens (tertiary/aromatic N) is 4. The van der Waals surface area contributed by atoms with Crippen LogP contribution in [-0.2, 0) is 14.8 Å². The van der Waals surface area contributed by atoms with Crippen molar-refractivity contribution in [2.45, 2.75) is 23.9 Å². The quantitative estimate of drug-likeness (QED) is 0.156. The number of nitro benzene ring substituents is 1. The summed E-state index contributed by atoms with van der Waals surface area (Å²) >= 11 is 1.11. The summed E-state index contributed by atoms with van der Waals surface area (Å²) in [5, 5.41) is 14.3. The summed E-state index contributed by atoms with van der Waals surface area (Å²) in [7, 11) is -2.17. The van der Waals surface area contributed by atoms with Crippen LogP contribution in [0.3, 0.4) is 0 Å². The van der Waals surface area contributed by atoms with Crippen molar-refractivity contribution in [3.05, 3.63) is 76.8 Å². The zero-order valence-electron chi connectivity index (χ0n) is 21.5. The molecule has 0 radical (unpaired) electrons. The van der Waals surface area contributed by atoms with Gasteiger partial charge in [-0.15, -0.1) is 0 Å². The van der Waals surface area contributed by atoms with Crippen molar-refractivity contribution in [1.29, 1.82) is 0 Å². The van der Waals surface area contributed by atoms with Gasteiger partial charge in [0.2, 0.25) is 15.9 Å². The first-order chi connectivity index (χ1) is 18.7. The number of nitro groups is 1. The van der Waals surface area contributed by atoms with Crippen LogP contribution in [0.5, 0.6) is 5.75 Å². The SMILES string of the molecule is CCN(CC)S(=O)(=O)c1ccc2c(c1)nc(SCC(=O)Nc1ccccc1[N+](=O)[O-])n2-c1ccccc1OC. The van der Waals surface area contributed by atoms with Crippen LogP contribution in [0.4, 0.5) is 11.4 Å². The first-order valence-electron chi connectivity index (χ1n) is 12.0. The number of methoxy groups -OCH3 is 1. The number of imidazole rings is 1. The van der Waals surface area contributed by atoms with Crippen LogP contribution >= 0.6 is 11.8 Å². The number of hydrogen-bond donors (Lipinski definition) is 1. The fraction of sp³-hybridized carbons (Fsp3) is 0.231. The van der Waals surface area contributed by atoms with Gasteiger partial charge in [0, 0.05) is 19.2 Å². The van der Waals surface area contributed by atoms with Crippen molar-refractivity contribution in [3.8, 4) is 11.4 Å². The molecule has 1 heterocycles. The molecule has 0 fully saturated rings. The molecular weight excluding hydrogens is 542 g/mol. The topological polar surface area (TPSA) is 137 Å². The second kappa shape index (κ2) is 11.8. The Morgan fingerprint density at radius 2 is 1.79 bits per heavy atom. The van der Waals surface area contributed by atoms with Crippen molar-refractivity contribution < 1.29 is 22.9 Å². The van der Waals surface area contributed by atoms with Crippen molar-refractivity contribution in [1.82, 2.24) is 13.9 Å². The van der Waals surface area contributed by atoms with E-state index in [4.69, 9.17) is 4.74 Å². The molecule has 4 aromatic rings. The predicted molar refractivity (Wildman–Crippen MR) is 150 cm³/mol. The smallest absolute Gasteiger partial charge is 0.292 e. The number of para-hydroxylation sites is 4. The number of nitrogens with one attached hydrogen (secondary N) is 1. The van der Waals surface area contributed by atoms with Gasteiger partial charge in [-0.1, -0.05) is 49.9 Å². The lowest BCUT2D eigenvalue weighted by Crippen LogP contribution is -2.30.